The van der Waals surface area contributed by atoms with Gasteiger partial charge in [0.1, 0.15) is 0 Å². The quantitative estimate of drug-likeness (QED) is 0.1000. The molecule has 4 unspecified atom stereocenters. The van der Waals surface area contributed by atoms with Crippen molar-refractivity contribution in [2.75, 3.05) is 0 Å². The average Bonchev–Trinajstić information content (AvgIpc) is 3.69. The van der Waals surface area contributed by atoms with Crippen molar-refractivity contribution in [1.82, 2.24) is 0 Å². The van der Waals surface area contributed by atoms with E-state index in [4.69, 9.17) is 0 Å². The molecule has 2 aliphatic carbocycles. The molecule has 0 bridgehead atoms. The van der Waals surface area contributed by atoms with E-state index in [1.807, 2.05) is 0 Å². The molecule has 2 heteroatoms. The van der Waals surface area contributed by atoms with E-state index in [0.717, 1.165) is 9.52 Å². The Kier molecular flexibility index (Phi) is 14.1. The zero-order valence-electron chi connectivity index (χ0n) is 31.6. The van der Waals surface area contributed by atoms with Crippen molar-refractivity contribution >= 4 is 21.7 Å². The summed E-state index contributed by atoms with van der Waals surface area (Å²) in [6.45, 7) is 13.9. The monoisotopic (exact) mass is 752 g/mol. The maximum atomic E-state index is 2.59. The minimum atomic E-state index is 0. The third kappa shape index (κ3) is 8.40. The van der Waals surface area contributed by atoms with Crippen molar-refractivity contribution in [2.24, 2.45) is 0 Å². The van der Waals surface area contributed by atoms with Crippen LogP contribution in [-0.4, -0.2) is 9.52 Å². The summed E-state index contributed by atoms with van der Waals surface area (Å²) in [5, 5.41) is 0. The zero-order chi connectivity index (χ0) is 34.3. The topological polar surface area (TPSA) is 0 Å². The van der Waals surface area contributed by atoms with E-state index in [1.165, 1.54) is 108 Å². The van der Waals surface area contributed by atoms with Crippen LogP contribution in [0.4, 0.5) is 0 Å². The Morgan fingerprint density at radius 2 is 0.940 bits per heavy atom. The molecule has 0 heterocycles. The molecule has 2 radical (unpaired) electrons. The summed E-state index contributed by atoms with van der Waals surface area (Å²) in [6.07, 6.45) is 15.0. The van der Waals surface area contributed by atoms with Crippen LogP contribution in [0.25, 0.3) is 34.4 Å². The van der Waals surface area contributed by atoms with Gasteiger partial charge in [-0.25, -0.2) is 0 Å². The van der Waals surface area contributed by atoms with Crippen LogP contribution < -0.4 is 0 Å². The van der Waals surface area contributed by atoms with Crippen LogP contribution in [-0.2, 0) is 26.2 Å². The Balaban J connectivity index is 0.00000486. The van der Waals surface area contributed by atoms with Gasteiger partial charge in [0.25, 0.3) is 0 Å². The Morgan fingerprint density at radius 3 is 1.30 bits per heavy atom. The van der Waals surface area contributed by atoms with Crippen LogP contribution in [0.1, 0.15) is 150 Å². The summed E-state index contributed by atoms with van der Waals surface area (Å²) >= 11 is 0. The van der Waals surface area contributed by atoms with Crippen molar-refractivity contribution in [2.45, 2.75) is 129 Å². The molecule has 4 aromatic carbocycles. The minimum Gasteiger partial charge on any atom is -0.0654 e. The Bertz CT molecular complexity index is 1630. The third-order valence-electron chi connectivity index (χ3n) is 11.7. The second kappa shape index (κ2) is 18.3. The van der Waals surface area contributed by atoms with Gasteiger partial charge in [-0.3, -0.25) is 0 Å². The minimum absolute atomic E-state index is 0. The van der Waals surface area contributed by atoms with E-state index >= 15 is 0 Å². The summed E-state index contributed by atoms with van der Waals surface area (Å²) in [5.74, 6) is 2.33. The van der Waals surface area contributed by atoms with E-state index in [-0.39, 0.29) is 26.2 Å². The molecule has 0 saturated carbocycles. The van der Waals surface area contributed by atoms with Gasteiger partial charge >= 0.3 is 0 Å². The van der Waals surface area contributed by atoms with Gasteiger partial charge in [0.2, 0.25) is 0 Å². The summed E-state index contributed by atoms with van der Waals surface area (Å²) < 4.78 is 0. The van der Waals surface area contributed by atoms with Crippen LogP contribution in [0.15, 0.2) is 96.1 Å². The van der Waals surface area contributed by atoms with Crippen LogP contribution in [0.3, 0.4) is 0 Å². The molecule has 2 aliphatic rings. The first-order chi connectivity index (χ1) is 24.0. The summed E-state index contributed by atoms with van der Waals surface area (Å²) in [6, 6.07) is 35.6. The predicted octanol–water partition coefficient (Wildman–Crippen LogP) is 14.6. The summed E-state index contributed by atoms with van der Waals surface area (Å²) in [4.78, 5) is 0. The van der Waals surface area contributed by atoms with Crippen molar-refractivity contribution in [1.29, 1.82) is 0 Å². The number of allylic oxidation sites excluding steroid dienone is 2. The van der Waals surface area contributed by atoms with Gasteiger partial charge in [0.15, 0.2) is 0 Å². The maximum absolute atomic E-state index is 2.59. The molecule has 4 atom stereocenters. The molecule has 0 aliphatic heterocycles. The van der Waals surface area contributed by atoms with E-state index in [9.17, 15) is 0 Å². The van der Waals surface area contributed by atoms with Crippen molar-refractivity contribution in [3.63, 3.8) is 0 Å². The van der Waals surface area contributed by atoms with Gasteiger partial charge in [-0.15, -0.1) is 0 Å². The normalized spacial score (nSPS) is 17.4. The molecule has 6 rings (SSSR count). The first-order valence-electron chi connectivity index (χ1n) is 19.5. The second-order valence-electron chi connectivity index (χ2n) is 14.9. The fraction of sp³-hybridized carbons (Fsp3) is 0.417. The van der Waals surface area contributed by atoms with Crippen LogP contribution in [0.5, 0.6) is 0 Å². The Labute approximate surface area is 326 Å². The van der Waals surface area contributed by atoms with E-state index in [1.54, 1.807) is 22.3 Å². The smallest absolute Gasteiger partial charge is 0.0397 e. The third-order valence-corrected chi connectivity index (χ3v) is 13.1. The first-order valence-corrected chi connectivity index (χ1v) is 21.0. The van der Waals surface area contributed by atoms with Crippen molar-refractivity contribution < 1.29 is 26.2 Å². The van der Waals surface area contributed by atoms with Crippen LogP contribution in [0.2, 0.25) is 12.1 Å². The molecule has 50 heavy (non-hydrogen) atoms. The number of benzene rings is 4. The molecule has 258 valence electrons. The van der Waals surface area contributed by atoms with Gasteiger partial charge < -0.3 is 0 Å². The molecular formula is C48H58SiZr. The SMILES string of the molecule is CCCCC1=Cc2c(-c3ccc(C(C)CC)cc3)cccc2C1C[Si]CC1C(CCCC)=Cc2c(-c3ccc(C(C)CC)cc3)cccc21.[Zr]. The van der Waals surface area contributed by atoms with Crippen LogP contribution in [0, 0.1) is 0 Å². The molecule has 4 aromatic rings. The van der Waals surface area contributed by atoms with Gasteiger partial charge in [0.05, 0.1) is 0 Å². The number of hydrogen-bond acceptors (Lipinski definition) is 0. The van der Waals surface area contributed by atoms with Crippen molar-refractivity contribution in [3.8, 4) is 22.3 Å². The Morgan fingerprint density at radius 1 is 0.540 bits per heavy atom. The van der Waals surface area contributed by atoms with E-state index in [2.05, 4.69) is 139 Å². The van der Waals surface area contributed by atoms with Gasteiger partial charge in [-0.2, -0.15) is 0 Å². The fourth-order valence-corrected chi connectivity index (χ4v) is 9.84. The van der Waals surface area contributed by atoms with Gasteiger partial charge in [-0.1, -0.05) is 175 Å². The van der Waals surface area contributed by atoms with Crippen molar-refractivity contribution in [3.05, 3.63) is 129 Å². The standard InChI is InChI=1S/C48H58Si.Zr/c1-7-11-15-39-29-45-41(37-25-21-35(22-26-37)33(5)9-3)17-13-19-43(45)47(39)31-49-32-48-40(16-12-8-2)30-46-42(18-14-20-44(46)48)38-27-23-36(24-28-38)34(6)10-4;/h13-14,17-30,33-34,47-48H,7-12,15-16,31-32H2,1-6H3;. The second-order valence-corrected chi connectivity index (χ2v) is 16.2. The van der Waals surface area contributed by atoms with E-state index in [0.29, 0.717) is 23.7 Å². The summed E-state index contributed by atoms with van der Waals surface area (Å²) in [7, 11) is 0.942. The molecule has 0 fully saturated rings. The molecule has 0 nitrogen and oxygen atoms in total. The number of hydrogen-bond donors (Lipinski definition) is 0. The molecule has 0 N–H and O–H groups in total. The first kappa shape index (κ1) is 38.7. The molecular weight excluding hydrogens is 696 g/mol. The van der Waals surface area contributed by atoms with E-state index < -0.39 is 0 Å². The average molecular weight is 754 g/mol. The largest absolute Gasteiger partial charge is 0.0654 e. The molecule has 0 aromatic heterocycles. The molecule has 0 spiro atoms. The number of fused-ring (bicyclic) bond motifs is 2. The van der Waals surface area contributed by atoms with Crippen LogP contribution >= 0.6 is 0 Å². The predicted molar refractivity (Wildman–Crippen MR) is 217 cm³/mol. The molecule has 0 amide bonds. The molecule has 0 saturated heterocycles. The van der Waals surface area contributed by atoms with Gasteiger partial charge in [-0.05, 0) is 106 Å². The maximum Gasteiger partial charge on any atom is 0.0397 e. The fourth-order valence-electron chi connectivity index (χ4n) is 8.13. The number of unbranched alkanes of at least 4 members (excludes halogenated alkanes) is 2. The van der Waals surface area contributed by atoms with Gasteiger partial charge in [0, 0.05) is 47.6 Å². The summed E-state index contributed by atoms with van der Waals surface area (Å²) in [5.41, 5.74) is 17.9. The number of rotatable bonds is 16. The zero-order valence-corrected chi connectivity index (χ0v) is 35.1. The Hall–Kier alpha value is -2.54.